The Balaban J connectivity index is 2.20. The summed E-state index contributed by atoms with van der Waals surface area (Å²) in [5, 5.41) is 0.603. The Morgan fingerprint density at radius 3 is 2.30 bits per heavy atom. The molecular weight excluding hydrogens is 270 g/mol. The molecule has 0 aliphatic heterocycles. The van der Waals surface area contributed by atoms with E-state index in [2.05, 4.69) is 42.9 Å². The van der Waals surface area contributed by atoms with Crippen molar-refractivity contribution in [1.29, 1.82) is 0 Å². The predicted octanol–water partition coefficient (Wildman–Crippen LogP) is 3.87. The molecular formula is C15H19N3OS. The molecule has 4 nitrogen and oxygen atoms in total. The third-order valence-corrected chi connectivity index (χ3v) is 3.37. The molecule has 1 aromatic heterocycles. The molecule has 0 aliphatic carbocycles. The van der Waals surface area contributed by atoms with Gasteiger partial charge in [-0.05, 0) is 29.4 Å². The molecule has 0 atom stereocenters. The van der Waals surface area contributed by atoms with Crippen LogP contribution in [0, 0.1) is 0 Å². The molecule has 5 heteroatoms. The summed E-state index contributed by atoms with van der Waals surface area (Å²) in [6.07, 6.45) is 1.90. The van der Waals surface area contributed by atoms with Gasteiger partial charge in [0.25, 0.3) is 0 Å². The molecule has 0 amide bonds. The number of nitrogens with two attached hydrogens (primary N) is 1. The van der Waals surface area contributed by atoms with Crippen molar-refractivity contribution in [2.45, 2.75) is 31.3 Å². The summed E-state index contributed by atoms with van der Waals surface area (Å²) < 4.78 is 5.72. The van der Waals surface area contributed by atoms with Crippen LogP contribution in [0.4, 0.5) is 5.82 Å². The molecule has 0 radical (unpaired) electrons. The average Bonchev–Trinajstić information content (AvgIpc) is 2.37. The number of hydrogen-bond donors (Lipinski definition) is 1. The van der Waals surface area contributed by atoms with E-state index in [1.54, 1.807) is 6.07 Å². The van der Waals surface area contributed by atoms with Crippen LogP contribution >= 0.6 is 11.8 Å². The van der Waals surface area contributed by atoms with Crippen LogP contribution in [0.15, 0.2) is 35.5 Å². The minimum Gasteiger partial charge on any atom is -0.439 e. The van der Waals surface area contributed by atoms with E-state index in [4.69, 9.17) is 10.5 Å². The summed E-state index contributed by atoms with van der Waals surface area (Å²) in [6, 6.07) is 9.64. The van der Waals surface area contributed by atoms with Crippen LogP contribution in [0.25, 0.3) is 0 Å². The fourth-order valence-corrected chi connectivity index (χ4v) is 2.09. The maximum atomic E-state index is 5.73. The lowest BCUT2D eigenvalue weighted by molar-refractivity contribution is 0.455. The largest absolute Gasteiger partial charge is 0.439 e. The Hall–Kier alpha value is -1.75. The zero-order valence-corrected chi connectivity index (χ0v) is 13.0. The molecule has 0 unspecified atom stereocenters. The molecule has 1 aromatic carbocycles. The van der Waals surface area contributed by atoms with Crippen molar-refractivity contribution in [1.82, 2.24) is 9.97 Å². The molecule has 20 heavy (non-hydrogen) atoms. The maximum Gasteiger partial charge on any atom is 0.225 e. The van der Waals surface area contributed by atoms with Gasteiger partial charge >= 0.3 is 0 Å². The van der Waals surface area contributed by atoms with Crippen molar-refractivity contribution < 1.29 is 4.74 Å². The topological polar surface area (TPSA) is 61.0 Å². The van der Waals surface area contributed by atoms with Crippen molar-refractivity contribution in [3.8, 4) is 11.6 Å². The summed E-state index contributed by atoms with van der Waals surface area (Å²) in [6.45, 7) is 6.54. The second-order valence-electron chi connectivity index (χ2n) is 5.49. The maximum absolute atomic E-state index is 5.73. The number of benzene rings is 1. The zero-order valence-electron chi connectivity index (χ0n) is 12.2. The van der Waals surface area contributed by atoms with E-state index in [0.717, 1.165) is 5.75 Å². The minimum absolute atomic E-state index is 0.129. The smallest absolute Gasteiger partial charge is 0.225 e. The van der Waals surface area contributed by atoms with Crippen molar-refractivity contribution in [2.24, 2.45) is 0 Å². The lowest BCUT2D eigenvalue weighted by Crippen LogP contribution is -2.10. The lowest BCUT2D eigenvalue weighted by atomic mass is 9.87. The van der Waals surface area contributed by atoms with Crippen LogP contribution < -0.4 is 10.5 Å². The normalized spacial score (nSPS) is 11.4. The van der Waals surface area contributed by atoms with Crippen LogP contribution in [0.1, 0.15) is 26.3 Å². The van der Waals surface area contributed by atoms with Crippen LogP contribution in [0.5, 0.6) is 11.6 Å². The van der Waals surface area contributed by atoms with Gasteiger partial charge in [0.2, 0.25) is 5.88 Å². The fraction of sp³-hybridized carbons (Fsp3) is 0.333. The summed E-state index contributed by atoms with van der Waals surface area (Å²) in [4.78, 5) is 8.36. The average molecular weight is 289 g/mol. The second-order valence-corrected chi connectivity index (χ2v) is 6.27. The van der Waals surface area contributed by atoms with E-state index in [0.29, 0.717) is 16.9 Å². The van der Waals surface area contributed by atoms with Crippen molar-refractivity contribution >= 4 is 17.6 Å². The number of nitrogens with zero attached hydrogens (tertiary/aromatic N) is 2. The van der Waals surface area contributed by atoms with Gasteiger partial charge in [-0.25, -0.2) is 4.98 Å². The van der Waals surface area contributed by atoms with Crippen LogP contribution in [-0.2, 0) is 5.41 Å². The highest BCUT2D eigenvalue weighted by atomic mass is 32.2. The highest BCUT2D eigenvalue weighted by molar-refractivity contribution is 7.98. The van der Waals surface area contributed by atoms with Gasteiger partial charge in [-0.15, -0.1) is 0 Å². The molecule has 0 fully saturated rings. The summed E-state index contributed by atoms with van der Waals surface area (Å²) in [7, 11) is 0. The van der Waals surface area contributed by atoms with Crippen molar-refractivity contribution in [3.63, 3.8) is 0 Å². The van der Waals surface area contributed by atoms with E-state index >= 15 is 0 Å². The number of rotatable bonds is 3. The van der Waals surface area contributed by atoms with Gasteiger partial charge in [0.05, 0.1) is 0 Å². The number of nitrogen functional groups attached to an aromatic ring is 1. The van der Waals surface area contributed by atoms with E-state index < -0.39 is 0 Å². The van der Waals surface area contributed by atoms with Crippen molar-refractivity contribution in [3.05, 3.63) is 35.9 Å². The minimum atomic E-state index is 0.129. The zero-order chi connectivity index (χ0) is 14.8. The van der Waals surface area contributed by atoms with E-state index in [-0.39, 0.29) is 5.41 Å². The van der Waals surface area contributed by atoms with Gasteiger partial charge in [-0.3, -0.25) is 0 Å². The van der Waals surface area contributed by atoms with Crippen LogP contribution in [0.2, 0.25) is 0 Å². The number of aromatic nitrogens is 2. The predicted molar refractivity (Wildman–Crippen MR) is 83.4 cm³/mol. The Morgan fingerprint density at radius 2 is 1.75 bits per heavy atom. The fourth-order valence-electron chi connectivity index (χ4n) is 1.71. The molecule has 106 valence electrons. The molecule has 2 rings (SSSR count). The first-order valence-corrected chi connectivity index (χ1v) is 7.58. The first-order chi connectivity index (χ1) is 9.38. The molecule has 0 aliphatic rings. The highest BCUT2D eigenvalue weighted by Gasteiger charge is 2.13. The van der Waals surface area contributed by atoms with Crippen molar-refractivity contribution in [2.75, 3.05) is 12.0 Å². The van der Waals surface area contributed by atoms with E-state index in [1.165, 1.54) is 17.3 Å². The highest BCUT2D eigenvalue weighted by Crippen LogP contribution is 2.27. The number of anilines is 1. The van der Waals surface area contributed by atoms with Gasteiger partial charge in [-0.2, -0.15) is 4.98 Å². The molecule has 0 bridgehead atoms. The Labute approximate surface area is 123 Å². The third kappa shape index (κ3) is 3.63. The van der Waals surface area contributed by atoms with Gasteiger partial charge < -0.3 is 10.5 Å². The Bertz CT molecular complexity index is 591. The summed E-state index contributed by atoms with van der Waals surface area (Å²) in [5.41, 5.74) is 7.12. The van der Waals surface area contributed by atoms with Crippen LogP contribution in [-0.4, -0.2) is 16.2 Å². The SMILES string of the molecule is CSc1nc(N)cc(Oc2ccc(C(C)(C)C)cc2)n1. The molecule has 0 saturated heterocycles. The Morgan fingerprint density at radius 1 is 1.10 bits per heavy atom. The van der Waals surface area contributed by atoms with Gasteiger partial charge in [0.1, 0.15) is 11.6 Å². The van der Waals surface area contributed by atoms with Gasteiger partial charge in [-0.1, -0.05) is 44.7 Å². The molecule has 0 spiro atoms. The first-order valence-electron chi connectivity index (χ1n) is 6.35. The van der Waals surface area contributed by atoms with Crippen LogP contribution in [0.3, 0.4) is 0 Å². The lowest BCUT2D eigenvalue weighted by Gasteiger charge is -2.19. The monoisotopic (exact) mass is 289 g/mol. The van der Waals surface area contributed by atoms with E-state index in [1.807, 2.05) is 18.4 Å². The molecule has 0 saturated carbocycles. The molecule has 2 aromatic rings. The standard InChI is InChI=1S/C15H19N3OS/c1-15(2,3)10-5-7-11(8-6-10)19-13-9-12(16)17-14(18-13)20-4/h5-9H,1-4H3,(H2,16,17,18). The quantitative estimate of drug-likeness (QED) is 0.686. The third-order valence-electron chi connectivity index (χ3n) is 2.83. The molecule has 1 heterocycles. The summed E-state index contributed by atoms with van der Waals surface area (Å²) in [5.74, 6) is 1.61. The summed E-state index contributed by atoms with van der Waals surface area (Å²) >= 11 is 1.43. The van der Waals surface area contributed by atoms with Gasteiger partial charge in [0.15, 0.2) is 5.16 Å². The van der Waals surface area contributed by atoms with E-state index in [9.17, 15) is 0 Å². The second kappa shape index (κ2) is 5.71. The Kier molecular flexibility index (Phi) is 4.18. The first kappa shape index (κ1) is 14.7. The molecule has 2 N–H and O–H groups in total. The number of thioether (sulfide) groups is 1. The number of hydrogen-bond acceptors (Lipinski definition) is 5. The van der Waals surface area contributed by atoms with Gasteiger partial charge in [0, 0.05) is 6.07 Å². The number of ether oxygens (including phenoxy) is 1.